The SMILES string of the molecule is C=CCC(NC(=O)c1ccc(N)cc1)C(=O)O. The molecule has 1 amide bonds. The number of carboxylic acid groups (broad SMARTS) is 1. The van der Waals surface area contributed by atoms with E-state index in [0.29, 0.717) is 11.3 Å². The molecule has 1 unspecified atom stereocenters. The largest absolute Gasteiger partial charge is 0.480 e. The molecule has 0 fully saturated rings. The number of carboxylic acids is 1. The minimum Gasteiger partial charge on any atom is -0.480 e. The van der Waals surface area contributed by atoms with Crippen LogP contribution in [0.2, 0.25) is 0 Å². The zero-order valence-corrected chi connectivity index (χ0v) is 9.22. The minimum atomic E-state index is -1.09. The molecule has 0 aromatic heterocycles. The molecule has 0 saturated carbocycles. The third kappa shape index (κ3) is 3.64. The second-order valence-corrected chi connectivity index (χ2v) is 3.51. The monoisotopic (exact) mass is 234 g/mol. The topological polar surface area (TPSA) is 92.4 Å². The van der Waals surface area contributed by atoms with Gasteiger partial charge in [-0.3, -0.25) is 4.79 Å². The zero-order valence-electron chi connectivity index (χ0n) is 9.22. The first-order valence-corrected chi connectivity index (χ1v) is 5.04. The van der Waals surface area contributed by atoms with E-state index in [2.05, 4.69) is 11.9 Å². The Kier molecular flexibility index (Phi) is 4.28. The van der Waals surface area contributed by atoms with E-state index < -0.39 is 17.9 Å². The molecule has 90 valence electrons. The summed E-state index contributed by atoms with van der Waals surface area (Å²) in [5.41, 5.74) is 6.40. The highest BCUT2D eigenvalue weighted by molar-refractivity contribution is 5.96. The van der Waals surface area contributed by atoms with Crippen LogP contribution in [0.25, 0.3) is 0 Å². The Hall–Kier alpha value is -2.30. The number of aliphatic carboxylic acids is 1. The molecule has 0 bridgehead atoms. The van der Waals surface area contributed by atoms with Crippen LogP contribution in [0.15, 0.2) is 36.9 Å². The van der Waals surface area contributed by atoms with Crippen LogP contribution in [-0.4, -0.2) is 23.0 Å². The van der Waals surface area contributed by atoms with E-state index in [1.807, 2.05) is 0 Å². The van der Waals surface area contributed by atoms with Gasteiger partial charge in [0.25, 0.3) is 5.91 Å². The summed E-state index contributed by atoms with van der Waals surface area (Å²) < 4.78 is 0. The number of carbonyl (C=O) groups excluding carboxylic acids is 1. The van der Waals surface area contributed by atoms with Crippen LogP contribution in [0.3, 0.4) is 0 Å². The van der Waals surface area contributed by atoms with Gasteiger partial charge in [0.15, 0.2) is 0 Å². The fourth-order valence-electron chi connectivity index (χ4n) is 1.26. The van der Waals surface area contributed by atoms with E-state index in [4.69, 9.17) is 10.8 Å². The Morgan fingerprint density at radius 1 is 1.41 bits per heavy atom. The number of nitrogen functional groups attached to an aromatic ring is 1. The first-order chi connectivity index (χ1) is 8.04. The number of rotatable bonds is 5. The van der Waals surface area contributed by atoms with E-state index in [9.17, 15) is 9.59 Å². The normalized spacial score (nSPS) is 11.5. The number of hydrogen-bond donors (Lipinski definition) is 3. The second-order valence-electron chi connectivity index (χ2n) is 3.51. The average Bonchev–Trinajstić information content (AvgIpc) is 2.29. The Bertz CT molecular complexity index is 426. The summed E-state index contributed by atoms with van der Waals surface area (Å²) in [6, 6.07) is 5.28. The summed E-state index contributed by atoms with van der Waals surface area (Å²) in [6.45, 7) is 3.44. The van der Waals surface area contributed by atoms with Crippen LogP contribution in [-0.2, 0) is 4.79 Å². The molecule has 0 saturated heterocycles. The molecule has 1 atom stereocenters. The van der Waals surface area contributed by atoms with Gasteiger partial charge in [-0.15, -0.1) is 6.58 Å². The van der Waals surface area contributed by atoms with Crippen molar-refractivity contribution in [2.75, 3.05) is 5.73 Å². The van der Waals surface area contributed by atoms with E-state index in [1.165, 1.54) is 18.2 Å². The summed E-state index contributed by atoms with van der Waals surface area (Å²) in [6.07, 6.45) is 1.62. The first kappa shape index (κ1) is 12.8. The third-order valence-electron chi connectivity index (χ3n) is 2.18. The summed E-state index contributed by atoms with van der Waals surface area (Å²) in [5, 5.41) is 11.3. The van der Waals surface area contributed by atoms with E-state index in [-0.39, 0.29) is 6.42 Å². The summed E-state index contributed by atoms with van der Waals surface area (Å²) >= 11 is 0. The molecule has 0 spiro atoms. The number of amides is 1. The molecule has 0 aliphatic carbocycles. The van der Waals surface area contributed by atoms with Crippen molar-refractivity contribution in [2.24, 2.45) is 0 Å². The van der Waals surface area contributed by atoms with E-state index in [1.54, 1.807) is 12.1 Å². The molecule has 5 heteroatoms. The van der Waals surface area contributed by atoms with Crippen LogP contribution in [0.1, 0.15) is 16.8 Å². The van der Waals surface area contributed by atoms with Crippen molar-refractivity contribution in [3.8, 4) is 0 Å². The average molecular weight is 234 g/mol. The minimum absolute atomic E-state index is 0.177. The number of benzene rings is 1. The highest BCUT2D eigenvalue weighted by atomic mass is 16.4. The van der Waals surface area contributed by atoms with Gasteiger partial charge in [0, 0.05) is 11.3 Å². The van der Waals surface area contributed by atoms with Gasteiger partial charge in [-0.2, -0.15) is 0 Å². The van der Waals surface area contributed by atoms with Gasteiger partial charge >= 0.3 is 5.97 Å². The van der Waals surface area contributed by atoms with Crippen molar-refractivity contribution in [1.29, 1.82) is 0 Å². The van der Waals surface area contributed by atoms with Crippen molar-refractivity contribution in [3.63, 3.8) is 0 Å². The van der Waals surface area contributed by atoms with Crippen molar-refractivity contribution in [2.45, 2.75) is 12.5 Å². The molecular formula is C12H14N2O3. The first-order valence-electron chi connectivity index (χ1n) is 5.04. The quantitative estimate of drug-likeness (QED) is 0.524. The molecule has 0 aliphatic heterocycles. The van der Waals surface area contributed by atoms with Crippen molar-refractivity contribution >= 4 is 17.6 Å². The van der Waals surface area contributed by atoms with Crippen LogP contribution in [0.4, 0.5) is 5.69 Å². The van der Waals surface area contributed by atoms with Gasteiger partial charge in [0.2, 0.25) is 0 Å². The number of nitrogens with two attached hydrogens (primary N) is 1. The Balaban J connectivity index is 2.73. The van der Waals surface area contributed by atoms with Crippen LogP contribution >= 0.6 is 0 Å². The Labute approximate surface area is 98.9 Å². The zero-order chi connectivity index (χ0) is 12.8. The number of hydrogen-bond acceptors (Lipinski definition) is 3. The van der Waals surface area contributed by atoms with E-state index >= 15 is 0 Å². The molecule has 0 aliphatic rings. The lowest BCUT2D eigenvalue weighted by Crippen LogP contribution is -2.40. The van der Waals surface area contributed by atoms with Gasteiger partial charge in [-0.25, -0.2) is 4.79 Å². The highest BCUT2D eigenvalue weighted by Crippen LogP contribution is 2.06. The molecule has 4 N–H and O–H groups in total. The maximum atomic E-state index is 11.7. The lowest BCUT2D eigenvalue weighted by atomic mass is 10.1. The second kappa shape index (κ2) is 5.69. The molecule has 1 aromatic rings. The summed E-state index contributed by atoms with van der Waals surface area (Å²) in [5.74, 6) is -1.53. The maximum absolute atomic E-state index is 11.7. The fraction of sp³-hybridized carbons (Fsp3) is 0.167. The van der Waals surface area contributed by atoms with Gasteiger partial charge in [-0.1, -0.05) is 6.08 Å². The van der Waals surface area contributed by atoms with Crippen molar-refractivity contribution in [1.82, 2.24) is 5.32 Å². The molecule has 0 heterocycles. The lowest BCUT2D eigenvalue weighted by molar-refractivity contribution is -0.139. The maximum Gasteiger partial charge on any atom is 0.326 e. The van der Waals surface area contributed by atoms with Crippen LogP contribution in [0.5, 0.6) is 0 Å². The molecule has 1 rings (SSSR count). The lowest BCUT2D eigenvalue weighted by Gasteiger charge is -2.12. The number of carbonyl (C=O) groups is 2. The fourth-order valence-corrected chi connectivity index (χ4v) is 1.26. The Morgan fingerprint density at radius 2 is 2.00 bits per heavy atom. The molecule has 0 radical (unpaired) electrons. The predicted octanol–water partition coefficient (Wildman–Crippen LogP) is 1.03. The summed E-state index contributed by atoms with van der Waals surface area (Å²) in [7, 11) is 0. The van der Waals surface area contributed by atoms with Gasteiger partial charge < -0.3 is 16.2 Å². The number of anilines is 1. The standard InChI is InChI=1S/C12H14N2O3/c1-2-3-10(12(16)17)14-11(15)8-4-6-9(13)7-5-8/h2,4-7,10H,1,3,13H2,(H,14,15)(H,16,17). The highest BCUT2D eigenvalue weighted by Gasteiger charge is 2.18. The predicted molar refractivity (Wildman–Crippen MR) is 64.6 cm³/mol. The third-order valence-corrected chi connectivity index (χ3v) is 2.18. The van der Waals surface area contributed by atoms with Crippen molar-refractivity contribution < 1.29 is 14.7 Å². The van der Waals surface area contributed by atoms with Crippen molar-refractivity contribution in [3.05, 3.63) is 42.5 Å². The Morgan fingerprint density at radius 3 is 2.47 bits per heavy atom. The van der Waals surface area contributed by atoms with Gasteiger partial charge in [0.05, 0.1) is 0 Å². The molecule has 5 nitrogen and oxygen atoms in total. The van der Waals surface area contributed by atoms with Gasteiger partial charge in [0.1, 0.15) is 6.04 Å². The van der Waals surface area contributed by atoms with Crippen LogP contribution in [0, 0.1) is 0 Å². The van der Waals surface area contributed by atoms with Gasteiger partial charge in [-0.05, 0) is 30.7 Å². The molecular weight excluding hydrogens is 220 g/mol. The molecule has 17 heavy (non-hydrogen) atoms. The molecule has 1 aromatic carbocycles. The smallest absolute Gasteiger partial charge is 0.326 e. The number of nitrogens with one attached hydrogen (secondary N) is 1. The van der Waals surface area contributed by atoms with E-state index in [0.717, 1.165) is 0 Å². The van der Waals surface area contributed by atoms with Crippen LogP contribution < -0.4 is 11.1 Å². The summed E-state index contributed by atoms with van der Waals surface area (Å²) in [4.78, 5) is 22.5.